The summed E-state index contributed by atoms with van der Waals surface area (Å²) in [7, 11) is 1.74. The van der Waals surface area contributed by atoms with Crippen LogP contribution in [0.5, 0.6) is 0 Å². The van der Waals surface area contributed by atoms with E-state index in [9.17, 15) is 9.59 Å². The topological polar surface area (TPSA) is 75.4 Å². The largest absolute Gasteiger partial charge is 0.369 e. The van der Waals surface area contributed by atoms with Gasteiger partial charge in [0.05, 0.1) is 12.0 Å². The molecule has 0 heterocycles. The Labute approximate surface area is 91.0 Å². The molecule has 0 spiro atoms. The summed E-state index contributed by atoms with van der Waals surface area (Å²) in [6, 6.07) is 0. The normalized spacial score (nSPS) is 11.2. The Bertz CT molecular complexity index is 239. The number of likely N-dealkylation sites (N-methyl/N-ethyl adjacent to an activating group) is 1. The molecular formula is C10H21N3O2. The average molecular weight is 215 g/mol. The highest BCUT2D eigenvalue weighted by Crippen LogP contribution is 2.11. The van der Waals surface area contributed by atoms with Crippen LogP contribution >= 0.6 is 0 Å². The Morgan fingerprint density at radius 2 is 1.93 bits per heavy atom. The Hall–Kier alpha value is -1.10. The highest BCUT2D eigenvalue weighted by Gasteiger charge is 2.24. The fourth-order valence-electron chi connectivity index (χ4n) is 0.880. The molecule has 3 N–H and O–H groups in total. The van der Waals surface area contributed by atoms with Crippen LogP contribution in [0.3, 0.4) is 0 Å². The maximum atomic E-state index is 11.4. The fraction of sp³-hybridized carbons (Fsp3) is 0.800. The SMILES string of the molecule is CCN(C)C(=O)CNCC(C)(C)C(N)=O. The number of nitrogens with one attached hydrogen (secondary N) is 1. The van der Waals surface area contributed by atoms with Crippen molar-refractivity contribution in [2.75, 3.05) is 26.7 Å². The summed E-state index contributed by atoms with van der Waals surface area (Å²) in [4.78, 5) is 24.0. The second-order valence-corrected chi connectivity index (χ2v) is 4.26. The Morgan fingerprint density at radius 3 is 2.33 bits per heavy atom. The molecule has 5 nitrogen and oxygen atoms in total. The molecule has 15 heavy (non-hydrogen) atoms. The van der Waals surface area contributed by atoms with Gasteiger partial charge >= 0.3 is 0 Å². The minimum absolute atomic E-state index is 0.0118. The van der Waals surface area contributed by atoms with E-state index in [1.807, 2.05) is 6.92 Å². The zero-order chi connectivity index (χ0) is 12.1. The zero-order valence-corrected chi connectivity index (χ0v) is 9.96. The lowest BCUT2D eigenvalue weighted by atomic mass is 9.93. The second kappa shape index (κ2) is 5.70. The molecule has 0 unspecified atom stereocenters. The Balaban J connectivity index is 3.90. The molecule has 88 valence electrons. The molecule has 0 atom stereocenters. The van der Waals surface area contributed by atoms with Crippen LogP contribution in [0.25, 0.3) is 0 Å². The van der Waals surface area contributed by atoms with E-state index in [0.29, 0.717) is 13.1 Å². The van der Waals surface area contributed by atoms with Crippen LogP contribution in [0.4, 0.5) is 0 Å². The van der Waals surface area contributed by atoms with Crippen LogP contribution < -0.4 is 11.1 Å². The van der Waals surface area contributed by atoms with Crippen LogP contribution in [0.2, 0.25) is 0 Å². The lowest BCUT2D eigenvalue weighted by Gasteiger charge is -2.21. The van der Waals surface area contributed by atoms with Crippen molar-refractivity contribution in [2.24, 2.45) is 11.1 Å². The van der Waals surface area contributed by atoms with Crippen molar-refractivity contribution in [3.05, 3.63) is 0 Å². The maximum absolute atomic E-state index is 11.4. The summed E-state index contributed by atoms with van der Waals surface area (Å²) in [5, 5.41) is 2.93. The third-order valence-corrected chi connectivity index (χ3v) is 2.41. The summed E-state index contributed by atoms with van der Waals surface area (Å²) in [5.41, 5.74) is 4.58. The third-order valence-electron chi connectivity index (χ3n) is 2.41. The second-order valence-electron chi connectivity index (χ2n) is 4.26. The van der Waals surface area contributed by atoms with Gasteiger partial charge in [0.25, 0.3) is 0 Å². The van der Waals surface area contributed by atoms with Gasteiger partial charge in [-0.25, -0.2) is 0 Å². The van der Waals surface area contributed by atoms with Gasteiger partial charge in [-0.05, 0) is 20.8 Å². The van der Waals surface area contributed by atoms with Gasteiger partial charge in [0, 0.05) is 20.1 Å². The molecule has 5 heteroatoms. The lowest BCUT2D eigenvalue weighted by Crippen LogP contribution is -2.43. The number of carbonyl (C=O) groups excluding carboxylic acids is 2. The highest BCUT2D eigenvalue weighted by molar-refractivity contribution is 5.80. The van der Waals surface area contributed by atoms with Crippen LogP contribution in [-0.4, -0.2) is 43.4 Å². The van der Waals surface area contributed by atoms with Crippen molar-refractivity contribution in [1.82, 2.24) is 10.2 Å². The average Bonchev–Trinajstić information content (AvgIpc) is 2.15. The summed E-state index contributed by atoms with van der Waals surface area (Å²) in [6.45, 7) is 6.73. The first-order valence-corrected chi connectivity index (χ1v) is 5.06. The van der Waals surface area contributed by atoms with Crippen LogP contribution in [-0.2, 0) is 9.59 Å². The van der Waals surface area contributed by atoms with Gasteiger partial charge < -0.3 is 16.0 Å². The first-order valence-electron chi connectivity index (χ1n) is 5.06. The molecule has 0 aromatic rings. The number of rotatable bonds is 6. The third kappa shape index (κ3) is 4.78. The highest BCUT2D eigenvalue weighted by atomic mass is 16.2. The Kier molecular flexibility index (Phi) is 5.28. The molecule has 0 radical (unpaired) electrons. The number of amides is 2. The minimum Gasteiger partial charge on any atom is -0.369 e. The summed E-state index contributed by atoms with van der Waals surface area (Å²) < 4.78 is 0. The van der Waals surface area contributed by atoms with Crippen molar-refractivity contribution in [2.45, 2.75) is 20.8 Å². The number of hydrogen-bond donors (Lipinski definition) is 2. The molecule has 0 fully saturated rings. The first-order chi connectivity index (χ1) is 6.81. The molecule has 0 bridgehead atoms. The van der Waals surface area contributed by atoms with E-state index in [2.05, 4.69) is 5.32 Å². The molecule has 0 aliphatic rings. The van der Waals surface area contributed by atoms with Crippen LogP contribution in [0.1, 0.15) is 20.8 Å². The quantitative estimate of drug-likeness (QED) is 0.631. The zero-order valence-electron chi connectivity index (χ0n) is 9.96. The molecular weight excluding hydrogens is 194 g/mol. The monoisotopic (exact) mass is 215 g/mol. The molecule has 0 aliphatic carbocycles. The van der Waals surface area contributed by atoms with Gasteiger partial charge in [-0.15, -0.1) is 0 Å². The predicted molar refractivity (Wildman–Crippen MR) is 59.2 cm³/mol. The molecule has 0 rings (SSSR count). The summed E-state index contributed by atoms with van der Waals surface area (Å²) in [6.07, 6.45) is 0. The molecule has 2 amide bonds. The van der Waals surface area contributed by atoms with Gasteiger partial charge in [0.1, 0.15) is 0 Å². The number of nitrogens with two attached hydrogens (primary N) is 1. The van der Waals surface area contributed by atoms with E-state index in [0.717, 1.165) is 0 Å². The van der Waals surface area contributed by atoms with Crippen molar-refractivity contribution < 1.29 is 9.59 Å². The number of nitrogens with zero attached hydrogens (tertiary/aromatic N) is 1. The van der Waals surface area contributed by atoms with Crippen molar-refractivity contribution >= 4 is 11.8 Å². The number of primary amides is 1. The molecule has 0 aliphatic heterocycles. The van der Waals surface area contributed by atoms with Gasteiger partial charge in [-0.3, -0.25) is 9.59 Å². The van der Waals surface area contributed by atoms with E-state index in [4.69, 9.17) is 5.73 Å². The molecule has 0 aromatic heterocycles. The van der Waals surface area contributed by atoms with E-state index in [1.54, 1.807) is 25.8 Å². The predicted octanol–water partition coefficient (Wildman–Crippen LogP) is -0.434. The smallest absolute Gasteiger partial charge is 0.236 e. The molecule has 0 saturated heterocycles. The van der Waals surface area contributed by atoms with E-state index in [1.165, 1.54) is 0 Å². The van der Waals surface area contributed by atoms with Crippen LogP contribution in [0, 0.1) is 5.41 Å². The van der Waals surface area contributed by atoms with Crippen molar-refractivity contribution in [3.63, 3.8) is 0 Å². The van der Waals surface area contributed by atoms with Gasteiger partial charge in [-0.2, -0.15) is 0 Å². The van der Waals surface area contributed by atoms with Gasteiger partial charge in [-0.1, -0.05) is 0 Å². The fourth-order valence-corrected chi connectivity index (χ4v) is 0.880. The lowest BCUT2D eigenvalue weighted by molar-refractivity contribution is -0.130. The maximum Gasteiger partial charge on any atom is 0.236 e. The number of hydrogen-bond acceptors (Lipinski definition) is 3. The number of carbonyl (C=O) groups is 2. The van der Waals surface area contributed by atoms with Crippen molar-refractivity contribution in [1.29, 1.82) is 0 Å². The van der Waals surface area contributed by atoms with Crippen molar-refractivity contribution in [3.8, 4) is 0 Å². The summed E-state index contributed by atoms with van der Waals surface area (Å²) >= 11 is 0. The van der Waals surface area contributed by atoms with Crippen LogP contribution in [0.15, 0.2) is 0 Å². The Morgan fingerprint density at radius 1 is 1.40 bits per heavy atom. The van der Waals surface area contributed by atoms with Gasteiger partial charge in [0.15, 0.2) is 0 Å². The van der Waals surface area contributed by atoms with E-state index < -0.39 is 5.41 Å². The first kappa shape index (κ1) is 13.9. The minimum atomic E-state index is -0.620. The molecule has 0 saturated carbocycles. The summed E-state index contributed by atoms with van der Waals surface area (Å²) in [5.74, 6) is -0.357. The van der Waals surface area contributed by atoms with Gasteiger partial charge in [0.2, 0.25) is 11.8 Å². The van der Waals surface area contributed by atoms with E-state index in [-0.39, 0.29) is 18.4 Å². The molecule has 0 aromatic carbocycles. The standard InChI is InChI=1S/C10H21N3O2/c1-5-13(4)8(14)6-12-7-10(2,3)9(11)15/h12H,5-7H2,1-4H3,(H2,11,15). The van der Waals surface area contributed by atoms with E-state index >= 15 is 0 Å².